The van der Waals surface area contributed by atoms with Gasteiger partial charge in [0, 0.05) is 6.07 Å². The molecule has 0 saturated carbocycles. The third-order valence-electron chi connectivity index (χ3n) is 3.51. The molecule has 0 radical (unpaired) electrons. The number of aromatic carboxylic acids is 1. The maximum Gasteiger partial charge on any atom is 0.339 e. The van der Waals surface area contributed by atoms with Crippen molar-refractivity contribution in [2.75, 3.05) is 20.3 Å². The second-order valence-corrected chi connectivity index (χ2v) is 5.11. The van der Waals surface area contributed by atoms with Gasteiger partial charge in [-0.25, -0.2) is 4.79 Å². The van der Waals surface area contributed by atoms with Gasteiger partial charge in [0.25, 0.3) is 0 Å². The Morgan fingerprint density at radius 2 is 1.65 bits per heavy atom. The normalized spacial score (nSPS) is 10.2. The molecule has 5 nitrogen and oxygen atoms in total. The van der Waals surface area contributed by atoms with Crippen molar-refractivity contribution in [1.82, 2.24) is 0 Å². The molecule has 0 fully saturated rings. The number of aryl methyl sites for hydroxylation is 2. The molecular weight excluding hydrogens is 296 g/mol. The minimum atomic E-state index is -1.04. The van der Waals surface area contributed by atoms with Crippen LogP contribution < -0.4 is 14.2 Å². The summed E-state index contributed by atoms with van der Waals surface area (Å²) < 4.78 is 16.2. The fraction of sp³-hybridized carbons (Fsp3) is 0.278. The summed E-state index contributed by atoms with van der Waals surface area (Å²) in [6.07, 6.45) is 0. The number of methoxy groups -OCH3 is 1. The number of hydrogen-bond donors (Lipinski definition) is 1. The number of carboxylic acids is 1. The Kier molecular flexibility index (Phi) is 5.46. The molecule has 0 heterocycles. The van der Waals surface area contributed by atoms with Gasteiger partial charge in [0.15, 0.2) is 0 Å². The lowest BCUT2D eigenvalue weighted by molar-refractivity contribution is 0.0691. The number of carbonyl (C=O) groups is 1. The van der Waals surface area contributed by atoms with Gasteiger partial charge in [0.05, 0.1) is 7.11 Å². The lowest BCUT2D eigenvalue weighted by Gasteiger charge is -2.12. The van der Waals surface area contributed by atoms with Gasteiger partial charge < -0.3 is 19.3 Å². The fourth-order valence-corrected chi connectivity index (χ4v) is 2.04. The van der Waals surface area contributed by atoms with Crippen LogP contribution in [0.2, 0.25) is 0 Å². The molecule has 1 N–H and O–H groups in total. The van der Waals surface area contributed by atoms with Crippen molar-refractivity contribution in [3.8, 4) is 17.2 Å². The minimum absolute atomic E-state index is 0.0944. The number of carboxylic acid groups (broad SMARTS) is 1. The SMILES string of the molecule is COc1ccc(C(=O)O)c(OCCOc2ccc(C)c(C)c2)c1. The molecule has 0 spiro atoms. The smallest absolute Gasteiger partial charge is 0.339 e. The van der Waals surface area contributed by atoms with E-state index in [2.05, 4.69) is 0 Å². The van der Waals surface area contributed by atoms with E-state index in [1.54, 1.807) is 12.1 Å². The van der Waals surface area contributed by atoms with E-state index < -0.39 is 5.97 Å². The summed E-state index contributed by atoms with van der Waals surface area (Å²) in [5.74, 6) is 0.527. The molecule has 0 aliphatic carbocycles. The first-order valence-electron chi connectivity index (χ1n) is 7.25. The molecule has 0 aromatic heterocycles. The molecule has 0 saturated heterocycles. The second kappa shape index (κ2) is 7.54. The van der Waals surface area contributed by atoms with Crippen LogP contribution in [0.25, 0.3) is 0 Å². The van der Waals surface area contributed by atoms with E-state index in [0.29, 0.717) is 12.4 Å². The van der Waals surface area contributed by atoms with Gasteiger partial charge in [-0.2, -0.15) is 0 Å². The highest BCUT2D eigenvalue weighted by atomic mass is 16.5. The van der Waals surface area contributed by atoms with Crippen LogP contribution in [0.4, 0.5) is 0 Å². The van der Waals surface area contributed by atoms with E-state index >= 15 is 0 Å². The molecule has 0 bridgehead atoms. The molecule has 0 aliphatic rings. The van der Waals surface area contributed by atoms with E-state index in [1.807, 2.05) is 32.0 Å². The van der Waals surface area contributed by atoms with Crippen molar-refractivity contribution in [3.63, 3.8) is 0 Å². The Labute approximate surface area is 135 Å². The molecule has 2 aromatic rings. The Hall–Kier alpha value is -2.69. The van der Waals surface area contributed by atoms with Crippen LogP contribution in [-0.2, 0) is 0 Å². The Morgan fingerprint density at radius 1 is 0.957 bits per heavy atom. The van der Waals surface area contributed by atoms with Crippen molar-refractivity contribution < 1.29 is 24.1 Å². The zero-order chi connectivity index (χ0) is 16.8. The lowest BCUT2D eigenvalue weighted by atomic mass is 10.1. The third kappa shape index (κ3) is 4.39. The van der Waals surface area contributed by atoms with Crippen LogP contribution in [0.1, 0.15) is 21.5 Å². The van der Waals surface area contributed by atoms with Crippen LogP contribution in [0, 0.1) is 13.8 Å². The van der Waals surface area contributed by atoms with Gasteiger partial charge >= 0.3 is 5.97 Å². The largest absolute Gasteiger partial charge is 0.497 e. The predicted molar refractivity (Wildman–Crippen MR) is 86.9 cm³/mol. The van der Waals surface area contributed by atoms with Crippen LogP contribution >= 0.6 is 0 Å². The summed E-state index contributed by atoms with van der Waals surface area (Å²) >= 11 is 0. The number of ether oxygens (including phenoxy) is 3. The summed E-state index contributed by atoms with van der Waals surface area (Å²) in [4.78, 5) is 11.2. The van der Waals surface area contributed by atoms with Crippen LogP contribution in [0.3, 0.4) is 0 Å². The molecule has 0 amide bonds. The summed E-state index contributed by atoms with van der Waals surface area (Å²) in [6.45, 7) is 4.62. The Bertz CT molecular complexity index is 694. The number of benzene rings is 2. The van der Waals surface area contributed by atoms with Crippen LogP contribution in [-0.4, -0.2) is 31.4 Å². The van der Waals surface area contributed by atoms with E-state index in [1.165, 1.54) is 18.7 Å². The molecule has 0 unspecified atom stereocenters. The van der Waals surface area contributed by atoms with Gasteiger partial charge in [0.2, 0.25) is 0 Å². The average Bonchev–Trinajstić information content (AvgIpc) is 2.54. The molecule has 5 heteroatoms. The highest BCUT2D eigenvalue weighted by Crippen LogP contribution is 2.25. The van der Waals surface area contributed by atoms with Gasteiger partial charge in [-0.05, 0) is 49.2 Å². The van der Waals surface area contributed by atoms with Crippen molar-refractivity contribution >= 4 is 5.97 Å². The minimum Gasteiger partial charge on any atom is -0.497 e. The van der Waals surface area contributed by atoms with Gasteiger partial charge in [-0.15, -0.1) is 0 Å². The molecule has 122 valence electrons. The van der Waals surface area contributed by atoms with Crippen LogP contribution in [0.15, 0.2) is 36.4 Å². The zero-order valence-corrected chi connectivity index (χ0v) is 13.5. The van der Waals surface area contributed by atoms with Crippen molar-refractivity contribution in [3.05, 3.63) is 53.1 Å². The highest BCUT2D eigenvalue weighted by molar-refractivity contribution is 5.91. The zero-order valence-electron chi connectivity index (χ0n) is 13.5. The number of hydrogen-bond acceptors (Lipinski definition) is 4. The first-order valence-corrected chi connectivity index (χ1v) is 7.25. The van der Waals surface area contributed by atoms with Gasteiger partial charge in [0.1, 0.15) is 36.0 Å². The first kappa shape index (κ1) is 16.7. The maximum absolute atomic E-state index is 11.2. The molecule has 23 heavy (non-hydrogen) atoms. The summed E-state index contributed by atoms with van der Waals surface area (Å²) in [6, 6.07) is 10.5. The fourth-order valence-electron chi connectivity index (χ4n) is 2.04. The Balaban J connectivity index is 1.95. The van der Waals surface area contributed by atoms with E-state index in [-0.39, 0.29) is 17.9 Å². The molecule has 2 aromatic carbocycles. The van der Waals surface area contributed by atoms with Crippen LogP contribution in [0.5, 0.6) is 17.2 Å². The monoisotopic (exact) mass is 316 g/mol. The third-order valence-corrected chi connectivity index (χ3v) is 3.51. The average molecular weight is 316 g/mol. The van der Waals surface area contributed by atoms with Gasteiger partial charge in [-0.3, -0.25) is 0 Å². The standard InChI is InChI=1S/C18H20O5/c1-12-4-5-15(10-13(12)2)22-8-9-23-17-11-14(21-3)6-7-16(17)18(19)20/h4-7,10-11H,8-9H2,1-3H3,(H,19,20). The van der Waals surface area contributed by atoms with Crippen molar-refractivity contribution in [2.24, 2.45) is 0 Å². The first-order chi connectivity index (χ1) is 11.0. The predicted octanol–water partition coefficient (Wildman–Crippen LogP) is 3.47. The lowest BCUT2D eigenvalue weighted by Crippen LogP contribution is -2.11. The molecule has 2 rings (SSSR count). The topological polar surface area (TPSA) is 65.0 Å². The van der Waals surface area contributed by atoms with E-state index in [0.717, 1.165) is 11.3 Å². The second-order valence-electron chi connectivity index (χ2n) is 5.11. The molecule has 0 atom stereocenters. The molecular formula is C18H20O5. The van der Waals surface area contributed by atoms with E-state index in [9.17, 15) is 4.79 Å². The summed E-state index contributed by atoms with van der Waals surface area (Å²) in [5.41, 5.74) is 2.46. The van der Waals surface area contributed by atoms with Crippen molar-refractivity contribution in [1.29, 1.82) is 0 Å². The van der Waals surface area contributed by atoms with Gasteiger partial charge in [-0.1, -0.05) is 6.07 Å². The van der Waals surface area contributed by atoms with Crippen molar-refractivity contribution in [2.45, 2.75) is 13.8 Å². The quantitative estimate of drug-likeness (QED) is 0.792. The molecule has 0 aliphatic heterocycles. The summed E-state index contributed by atoms with van der Waals surface area (Å²) in [5, 5.41) is 9.17. The Morgan fingerprint density at radius 3 is 2.30 bits per heavy atom. The number of rotatable bonds is 7. The maximum atomic E-state index is 11.2. The highest BCUT2D eigenvalue weighted by Gasteiger charge is 2.12. The van der Waals surface area contributed by atoms with E-state index in [4.69, 9.17) is 19.3 Å². The summed E-state index contributed by atoms with van der Waals surface area (Å²) in [7, 11) is 1.52.